The largest absolute Gasteiger partial charge is 0.496 e. The molecule has 0 amide bonds. The molecule has 0 saturated carbocycles. The van der Waals surface area contributed by atoms with E-state index in [0.717, 1.165) is 32.9 Å². The first-order valence-corrected chi connectivity index (χ1v) is 14.6. The summed E-state index contributed by atoms with van der Waals surface area (Å²) in [4.78, 5) is 37.7. The summed E-state index contributed by atoms with van der Waals surface area (Å²) in [6.45, 7) is 8.26. The van der Waals surface area contributed by atoms with Crippen molar-refractivity contribution in [2.24, 2.45) is 0 Å². The van der Waals surface area contributed by atoms with Crippen molar-refractivity contribution in [2.45, 2.75) is 51.5 Å². The number of methoxy groups -OCH3 is 1. The number of nitro groups is 1. The van der Waals surface area contributed by atoms with Gasteiger partial charge in [0.1, 0.15) is 28.9 Å². The fraction of sp³-hybridized carbons (Fsp3) is 0.273. The second-order valence-electron chi connectivity index (χ2n) is 11.0. The molecule has 10 heteroatoms. The van der Waals surface area contributed by atoms with E-state index in [4.69, 9.17) is 14.2 Å². The van der Waals surface area contributed by atoms with E-state index in [1.165, 1.54) is 43.1 Å². The van der Waals surface area contributed by atoms with Gasteiger partial charge in [-0.3, -0.25) is 14.9 Å². The van der Waals surface area contributed by atoms with Gasteiger partial charge >= 0.3 is 11.9 Å². The predicted molar refractivity (Wildman–Crippen MR) is 167 cm³/mol. The Morgan fingerprint density at radius 1 is 1.09 bits per heavy atom. The van der Waals surface area contributed by atoms with Gasteiger partial charge in [0.25, 0.3) is 5.69 Å². The number of para-hydroxylation sites is 1. The number of rotatable bonds is 8. The Labute approximate surface area is 254 Å². The van der Waals surface area contributed by atoms with Gasteiger partial charge in [0, 0.05) is 34.5 Å². The summed E-state index contributed by atoms with van der Waals surface area (Å²) in [5.41, 5.74) is 4.49. The van der Waals surface area contributed by atoms with E-state index in [-0.39, 0.29) is 40.4 Å². The van der Waals surface area contributed by atoms with E-state index in [9.17, 15) is 19.7 Å². The van der Waals surface area contributed by atoms with Crippen LogP contribution < -0.4 is 14.8 Å². The Balaban J connectivity index is 1.51. The number of ether oxygens (including phenoxy) is 3. The van der Waals surface area contributed by atoms with Crippen LogP contribution in [0, 0.1) is 10.1 Å². The number of esters is 2. The van der Waals surface area contributed by atoms with Gasteiger partial charge in [-0.25, -0.2) is 4.79 Å². The number of nitrogens with zero attached hydrogens (tertiary/aromatic N) is 1. The lowest BCUT2D eigenvalue weighted by molar-refractivity contribution is -0.385. The number of fused-ring (bicyclic) bond motifs is 1. The van der Waals surface area contributed by atoms with Gasteiger partial charge in [-0.15, -0.1) is 11.8 Å². The van der Waals surface area contributed by atoms with Crippen LogP contribution in [0.1, 0.15) is 55.6 Å². The maximum atomic E-state index is 13.0. The monoisotopic (exact) mass is 600 g/mol. The van der Waals surface area contributed by atoms with Gasteiger partial charge in [0.05, 0.1) is 17.6 Å². The van der Waals surface area contributed by atoms with Crippen molar-refractivity contribution in [3.63, 3.8) is 0 Å². The number of carbonyl (C=O) groups is 2. The first-order chi connectivity index (χ1) is 20.5. The summed E-state index contributed by atoms with van der Waals surface area (Å²) in [7, 11) is 1.51. The second kappa shape index (κ2) is 12.0. The van der Waals surface area contributed by atoms with E-state index in [0.29, 0.717) is 17.7 Å². The minimum atomic E-state index is -0.854. The molecule has 5 rings (SSSR count). The van der Waals surface area contributed by atoms with Gasteiger partial charge in [-0.1, -0.05) is 30.4 Å². The van der Waals surface area contributed by atoms with E-state index in [2.05, 4.69) is 25.2 Å². The number of thioether (sulfide) groups is 1. The molecule has 0 saturated heterocycles. The summed E-state index contributed by atoms with van der Waals surface area (Å²) in [5.74, 6) is -0.545. The van der Waals surface area contributed by atoms with Crippen LogP contribution in [0.2, 0.25) is 0 Å². The number of anilines is 1. The van der Waals surface area contributed by atoms with Gasteiger partial charge < -0.3 is 19.5 Å². The molecule has 43 heavy (non-hydrogen) atoms. The van der Waals surface area contributed by atoms with Crippen LogP contribution in [0.15, 0.2) is 71.7 Å². The molecule has 9 nitrogen and oxygen atoms in total. The number of allylic oxidation sites excluding steroid dienone is 3. The minimum Gasteiger partial charge on any atom is -0.496 e. The SMILES string of the molecule is COc1cc(OC(=O)c2ccccc2[N+](=O)[O-])ccc1-c1ccc2c(c1COC(=O)C1CC=C(C)S1)C(C)=CC(C)(C)N2. The summed E-state index contributed by atoms with van der Waals surface area (Å²) < 4.78 is 17.1. The average molecular weight is 601 g/mol. The highest BCUT2D eigenvalue weighted by molar-refractivity contribution is 8.04. The molecule has 1 N–H and O–H groups in total. The van der Waals surface area contributed by atoms with Crippen LogP contribution in [0.3, 0.4) is 0 Å². The molecule has 3 aromatic rings. The summed E-state index contributed by atoms with van der Waals surface area (Å²) >= 11 is 1.52. The summed E-state index contributed by atoms with van der Waals surface area (Å²) in [6.07, 6.45) is 4.83. The first-order valence-electron chi connectivity index (χ1n) is 13.8. The number of hydrogen-bond donors (Lipinski definition) is 1. The van der Waals surface area contributed by atoms with Crippen molar-refractivity contribution < 1.29 is 28.7 Å². The molecule has 1 atom stereocenters. The Morgan fingerprint density at radius 3 is 2.53 bits per heavy atom. The van der Waals surface area contributed by atoms with Crippen molar-refractivity contribution in [3.8, 4) is 22.6 Å². The third-order valence-electron chi connectivity index (χ3n) is 7.30. The molecule has 0 fully saturated rings. The molecule has 2 heterocycles. The zero-order valence-electron chi connectivity index (χ0n) is 24.6. The molecular weight excluding hydrogens is 568 g/mol. The molecular formula is C33H32N2O7S. The Hall–Kier alpha value is -4.57. The van der Waals surface area contributed by atoms with Crippen molar-refractivity contribution in [2.75, 3.05) is 12.4 Å². The highest BCUT2D eigenvalue weighted by atomic mass is 32.2. The lowest BCUT2D eigenvalue weighted by atomic mass is 9.85. The fourth-order valence-corrected chi connectivity index (χ4v) is 6.50. The maximum absolute atomic E-state index is 13.0. The highest BCUT2D eigenvalue weighted by Gasteiger charge is 2.29. The Morgan fingerprint density at radius 2 is 1.84 bits per heavy atom. The average Bonchev–Trinajstić information content (AvgIpc) is 3.41. The molecule has 0 aliphatic carbocycles. The Bertz CT molecular complexity index is 1690. The zero-order chi connectivity index (χ0) is 30.9. The molecule has 2 aliphatic heterocycles. The van der Waals surface area contributed by atoms with Crippen molar-refractivity contribution in [1.29, 1.82) is 0 Å². The van der Waals surface area contributed by atoms with Crippen molar-refractivity contribution >= 4 is 40.6 Å². The molecule has 222 valence electrons. The topological polar surface area (TPSA) is 117 Å². The maximum Gasteiger partial charge on any atom is 0.350 e. The lowest BCUT2D eigenvalue weighted by Crippen LogP contribution is -2.32. The number of carbonyl (C=O) groups excluding carboxylic acids is 2. The Kier molecular flexibility index (Phi) is 8.32. The number of hydrogen-bond acceptors (Lipinski definition) is 9. The van der Waals surface area contributed by atoms with E-state index in [1.54, 1.807) is 18.2 Å². The molecule has 0 aromatic heterocycles. The van der Waals surface area contributed by atoms with Gasteiger partial charge in [-0.05, 0) is 74.4 Å². The quantitative estimate of drug-likeness (QED) is 0.121. The van der Waals surface area contributed by atoms with Crippen molar-refractivity contribution in [1.82, 2.24) is 0 Å². The van der Waals surface area contributed by atoms with Gasteiger partial charge in [0.2, 0.25) is 0 Å². The van der Waals surface area contributed by atoms with Crippen LogP contribution in [0.25, 0.3) is 16.7 Å². The molecule has 3 aromatic carbocycles. The standard InChI is InChI=1S/C33H32N2O7S/c1-19-17-33(3,4)34-26-14-13-22(25(30(19)26)18-41-32(37)29-15-10-20(2)43-29)23-12-11-21(16-28(23)40-5)42-31(36)24-8-6-7-9-27(24)35(38)39/h6-14,16-17,29,34H,15,18H2,1-5H3. The smallest absolute Gasteiger partial charge is 0.350 e. The number of benzene rings is 3. The molecule has 2 aliphatic rings. The minimum absolute atomic E-state index is 0.0539. The second-order valence-corrected chi connectivity index (χ2v) is 12.4. The molecule has 0 radical (unpaired) electrons. The number of nitrogens with one attached hydrogen (secondary N) is 1. The number of nitro benzene ring substituents is 1. The van der Waals surface area contributed by atoms with Crippen molar-refractivity contribution in [3.05, 3.63) is 98.5 Å². The third-order valence-corrected chi connectivity index (χ3v) is 8.51. The molecule has 0 spiro atoms. The van der Waals surface area contributed by atoms with E-state index >= 15 is 0 Å². The summed E-state index contributed by atoms with van der Waals surface area (Å²) in [5, 5.41) is 14.7. The van der Waals surface area contributed by atoms with E-state index in [1.807, 2.05) is 32.1 Å². The molecule has 1 unspecified atom stereocenters. The first kappa shape index (κ1) is 29.9. The van der Waals surface area contributed by atoms with Crippen LogP contribution in [-0.2, 0) is 16.1 Å². The van der Waals surface area contributed by atoms with Crippen LogP contribution >= 0.6 is 11.8 Å². The summed E-state index contributed by atoms with van der Waals surface area (Å²) in [6, 6.07) is 14.5. The van der Waals surface area contributed by atoms with E-state index < -0.39 is 10.9 Å². The van der Waals surface area contributed by atoms with Gasteiger partial charge in [0.15, 0.2) is 0 Å². The fourth-order valence-electron chi connectivity index (χ4n) is 5.50. The zero-order valence-corrected chi connectivity index (χ0v) is 25.4. The normalized spacial score (nSPS) is 16.7. The molecule has 0 bridgehead atoms. The lowest BCUT2D eigenvalue weighted by Gasteiger charge is -2.33. The van der Waals surface area contributed by atoms with Crippen LogP contribution in [-0.4, -0.2) is 34.8 Å². The third kappa shape index (κ3) is 6.29. The highest BCUT2D eigenvalue weighted by Crippen LogP contribution is 2.44. The predicted octanol–water partition coefficient (Wildman–Crippen LogP) is 7.55. The van der Waals surface area contributed by atoms with Gasteiger partial charge in [-0.2, -0.15) is 0 Å². The van der Waals surface area contributed by atoms with Crippen LogP contribution in [0.4, 0.5) is 11.4 Å². The van der Waals surface area contributed by atoms with Crippen LogP contribution in [0.5, 0.6) is 11.5 Å².